The molecule has 1 aliphatic rings. The van der Waals surface area contributed by atoms with E-state index < -0.39 is 22.0 Å². The lowest BCUT2D eigenvalue weighted by molar-refractivity contribution is -0.141. The largest absolute Gasteiger partial charge is 0.491 e. The Bertz CT molecular complexity index is 1320. The summed E-state index contributed by atoms with van der Waals surface area (Å²) in [5, 5.41) is 1.31. The second kappa shape index (κ2) is 10.0. The van der Waals surface area contributed by atoms with E-state index in [9.17, 15) is 13.2 Å². The number of carbonyl (C=O) groups excluding carboxylic acids is 1. The molecule has 0 saturated heterocycles. The van der Waals surface area contributed by atoms with Crippen molar-refractivity contribution in [1.29, 1.82) is 0 Å². The molecule has 2 aromatic heterocycles. The van der Waals surface area contributed by atoms with Crippen LogP contribution in [-0.4, -0.2) is 75.7 Å². The number of sulfonamides is 1. The zero-order valence-corrected chi connectivity index (χ0v) is 20.5. The summed E-state index contributed by atoms with van der Waals surface area (Å²) in [6.45, 7) is 0.689. The average molecular weight is 505 g/mol. The molecule has 3 heterocycles. The number of anilines is 1. The topological polar surface area (TPSA) is 123 Å². The van der Waals surface area contributed by atoms with E-state index in [0.29, 0.717) is 46.7 Å². The predicted octanol–water partition coefficient (Wildman–Crippen LogP) is 2.45. The van der Waals surface area contributed by atoms with Crippen LogP contribution in [0.4, 0.5) is 5.69 Å². The predicted molar refractivity (Wildman–Crippen MR) is 130 cm³/mol. The third-order valence-corrected chi connectivity index (χ3v) is 7.96. The minimum absolute atomic E-state index is 0.0697. The van der Waals surface area contributed by atoms with Gasteiger partial charge in [-0.3, -0.25) is 9.30 Å². The maximum atomic E-state index is 13.3. The molecule has 1 N–H and O–H groups in total. The van der Waals surface area contributed by atoms with Crippen molar-refractivity contribution in [2.75, 3.05) is 44.5 Å². The molecule has 0 amide bonds. The molecule has 0 radical (unpaired) electrons. The number of rotatable bonds is 9. The molecule has 0 aliphatic carbocycles. The number of aromatic nitrogens is 2. The normalized spacial score (nSPS) is 15.9. The summed E-state index contributed by atoms with van der Waals surface area (Å²) in [7, 11) is 0.439. The van der Waals surface area contributed by atoms with Crippen LogP contribution in [0.15, 0.2) is 52.6 Å². The summed E-state index contributed by atoms with van der Waals surface area (Å²) in [4.78, 5) is 23.6. The van der Waals surface area contributed by atoms with Crippen LogP contribution in [0.25, 0.3) is 10.9 Å². The first-order valence-corrected chi connectivity index (χ1v) is 12.7. The fourth-order valence-electron chi connectivity index (χ4n) is 3.44. The Balaban J connectivity index is 1.78. The molecule has 12 heteroatoms. The molecule has 0 spiro atoms. The van der Waals surface area contributed by atoms with Crippen LogP contribution in [-0.2, 0) is 24.3 Å². The van der Waals surface area contributed by atoms with Crippen LogP contribution in [0.2, 0.25) is 0 Å². The minimum atomic E-state index is -3.93. The Morgan fingerprint density at radius 1 is 1.24 bits per heavy atom. The van der Waals surface area contributed by atoms with Gasteiger partial charge in [0, 0.05) is 37.6 Å². The molecule has 0 saturated carbocycles. The van der Waals surface area contributed by atoms with Gasteiger partial charge < -0.3 is 19.2 Å². The smallest absolute Gasteiger partial charge is 0.331 e. The highest BCUT2D eigenvalue weighted by molar-refractivity contribution is 8.14. The second-order valence-corrected chi connectivity index (χ2v) is 10.3. The first kappa shape index (κ1) is 24.0. The number of fused-ring (bicyclic) bond motifs is 1. The molecular weight excluding hydrogens is 480 g/mol. The van der Waals surface area contributed by atoms with Crippen molar-refractivity contribution >= 4 is 49.4 Å². The van der Waals surface area contributed by atoms with Crippen LogP contribution in [0.1, 0.15) is 5.69 Å². The van der Waals surface area contributed by atoms with Gasteiger partial charge in [-0.15, -0.1) is 11.8 Å². The number of hydrogen-bond acceptors (Lipinski definition) is 9. The Morgan fingerprint density at radius 2 is 2.06 bits per heavy atom. The van der Waals surface area contributed by atoms with Crippen molar-refractivity contribution in [1.82, 2.24) is 9.97 Å². The summed E-state index contributed by atoms with van der Waals surface area (Å²) in [6.07, 6.45) is 1.43. The van der Waals surface area contributed by atoms with Gasteiger partial charge in [0.1, 0.15) is 17.4 Å². The molecule has 3 aromatic rings. The molecule has 34 heavy (non-hydrogen) atoms. The van der Waals surface area contributed by atoms with E-state index in [2.05, 4.69) is 15.0 Å². The van der Waals surface area contributed by atoms with Gasteiger partial charge in [0.15, 0.2) is 11.1 Å². The van der Waals surface area contributed by atoms with Crippen molar-refractivity contribution < 1.29 is 27.4 Å². The molecule has 0 unspecified atom stereocenters. The number of esters is 1. The number of hydrogen-bond donors (Lipinski definition) is 1. The fourth-order valence-corrected chi connectivity index (χ4v) is 5.56. The van der Waals surface area contributed by atoms with Crippen LogP contribution >= 0.6 is 11.8 Å². The third kappa shape index (κ3) is 4.74. The number of carbonyl (C=O) groups is 1. The van der Waals surface area contributed by atoms with Gasteiger partial charge >= 0.3 is 5.97 Å². The number of H-pyrrole nitrogens is 1. The molecule has 1 aromatic carbocycles. The van der Waals surface area contributed by atoms with Gasteiger partial charge in [0.2, 0.25) is 0 Å². The highest BCUT2D eigenvalue weighted by Crippen LogP contribution is 2.36. The summed E-state index contributed by atoms with van der Waals surface area (Å²) >= 11 is 1.43. The maximum absolute atomic E-state index is 13.3. The molecule has 1 atom stereocenters. The highest BCUT2D eigenvalue weighted by atomic mass is 32.2. The highest BCUT2D eigenvalue weighted by Gasteiger charge is 2.29. The van der Waals surface area contributed by atoms with Crippen molar-refractivity contribution in [2.24, 2.45) is 4.99 Å². The maximum Gasteiger partial charge on any atom is 0.331 e. The lowest BCUT2D eigenvalue weighted by Gasteiger charge is -2.20. The number of aromatic amines is 1. The number of thioether (sulfide) groups is 1. The van der Waals surface area contributed by atoms with Gasteiger partial charge in [-0.25, -0.2) is 9.78 Å². The Morgan fingerprint density at radius 3 is 2.76 bits per heavy atom. The molecule has 0 bridgehead atoms. The lowest BCUT2D eigenvalue weighted by Crippen LogP contribution is -2.27. The van der Waals surface area contributed by atoms with E-state index in [1.54, 1.807) is 25.3 Å². The van der Waals surface area contributed by atoms with Crippen molar-refractivity contribution in [3.05, 3.63) is 48.3 Å². The Labute approximate surface area is 201 Å². The number of nitrogens with zero attached hydrogens (tertiary/aromatic N) is 3. The Hall–Kier alpha value is -3.09. The van der Waals surface area contributed by atoms with E-state index in [-0.39, 0.29) is 5.03 Å². The Kier molecular flexibility index (Phi) is 7.10. The fraction of sp³-hybridized carbons (Fsp3) is 0.318. The SMILES string of the molecule is COCCOc1cc(N(C)S(=O)(=O)c2ccccn2)c2[nH]c(C3=N[C@H](C(=O)OC)CS3)cc2c1. The van der Waals surface area contributed by atoms with Gasteiger partial charge in [0.05, 0.1) is 30.6 Å². The van der Waals surface area contributed by atoms with Gasteiger partial charge in [-0.2, -0.15) is 8.42 Å². The molecule has 1 aliphatic heterocycles. The van der Waals surface area contributed by atoms with E-state index in [4.69, 9.17) is 14.2 Å². The lowest BCUT2D eigenvalue weighted by atomic mass is 10.2. The van der Waals surface area contributed by atoms with Crippen molar-refractivity contribution in [3.63, 3.8) is 0 Å². The molecule has 4 rings (SSSR count). The number of aliphatic imine (C=N–C) groups is 1. The van der Waals surface area contributed by atoms with E-state index >= 15 is 0 Å². The molecular formula is C22H24N4O6S2. The first-order valence-electron chi connectivity index (χ1n) is 10.3. The quantitative estimate of drug-likeness (QED) is 0.348. The number of nitrogens with one attached hydrogen (secondary N) is 1. The minimum Gasteiger partial charge on any atom is -0.491 e. The summed E-state index contributed by atoms with van der Waals surface area (Å²) < 4.78 is 43.3. The van der Waals surface area contributed by atoms with Crippen LogP contribution in [0.3, 0.4) is 0 Å². The molecule has 0 fully saturated rings. The number of pyridine rings is 1. The third-order valence-electron chi connectivity index (χ3n) is 5.19. The van der Waals surface area contributed by atoms with Crippen LogP contribution in [0, 0.1) is 0 Å². The van der Waals surface area contributed by atoms with E-state index in [1.807, 2.05) is 12.1 Å². The summed E-state index contributed by atoms with van der Waals surface area (Å²) in [6, 6.07) is 9.46. The monoisotopic (exact) mass is 504 g/mol. The summed E-state index contributed by atoms with van der Waals surface area (Å²) in [5.41, 5.74) is 1.64. The van der Waals surface area contributed by atoms with Gasteiger partial charge in [-0.1, -0.05) is 6.07 Å². The molecule has 180 valence electrons. The van der Waals surface area contributed by atoms with E-state index in [1.165, 1.54) is 42.5 Å². The second-order valence-electron chi connectivity index (χ2n) is 7.36. The van der Waals surface area contributed by atoms with Crippen LogP contribution < -0.4 is 9.04 Å². The zero-order chi connectivity index (χ0) is 24.3. The molecule has 10 nitrogen and oxygen atoms in total. The number of benzene rings is 1. The average Bonchev–Trinajstić information content (AvgIpc) is 3.51. The number of methoxy groups -OCH3 is 2. The van der Waals surface area contributed by atoms with Crippen LogP contribution in [0.5, 0.6) is 5.75 Å². The van der Waals surface area contributed by atoms with Gasteiger partial charge in [-0.05, 0) is 24.3 Å². The number of ether oxygens (including phenoxy) is 3. The zero-order valence-electron chi connectivity index (χ0n) is 18.8. The van der Waals surface area contributed by atoms with E-state index in [0.717, 1.165) is 5.39 Å². The summed E-state index contributed by atoms with van der Waals surface area (Å²) in [5.74, 6) is 0.569. The first-order chi connectivity index (χ1) is 16.3. The van der Waals surface area contributed by atoms with Crippen molar-refractivity contribution in [2.45, 2.75) is 11.1 Å². The standard InChI is InChI=1S/C22H24N4O6S2/c1-26(34(28,29)19-6-4-5-7-23-19)18-12-15(32-9-8-30-2)10-14-11-16(24-20(14)18)21-25-17(13-33-21)22(27)31-3/h4-7,10-12,17,24H,8-9,13H2,1-3H3/t17-/m0/s1. The van der Waals surface area contributed by atoms with Gasteiger partial charge in [0.25, 0.3) is 10.0 Å². The van der Waals surface area contributed by atoms with Crippen molar-refractivity contribution in [3.8, 4) is 5.75 Å².